The zero-order valence-electron chi connectivity index (χ0n) is 11.2. The Morgan fingerprint density at radius 3 is 2.90 bits per heavy atom. The number of aromatic nitrogens is 2. The van der Waals surface area contributed by atoms with Gasteiger partial charge in [0.05, 0.1) is 13.2 Å². The Morgan fingerprint density at radius 1 is 1.30 bits per heavy atom. The Kier molecular flexibility index (Phi) is 3.79. The van der Waals surface area contributed by atoms with Gasteiger partial charge in [0.15, 0.2) is 5.69 Å². The molecule has 1 saturated heterocycles. The van der Waals surface area contributed by atoms with Crippen molar-refractivity contribution in [3.8, 4) is 0 Å². The van der Waals surface area contributed by atoms with Gasteiger partial charge in [0, 0.05) is 23.6 Å². The predicted octanol–water partition coefficient (Wildman–Crippen LogP) is -0.262. The van der Waals surface area contributed by atoms with Gasteiger partial charge in [-0.25, -0.2) is 0 Å². The number of nitrogens with zero attached hydrogens (tertiary/aromatic N) is 1. The number of aromatic amines is 1. The van der Waals surface area contributed by atoms with Crippen LogP contribution in [-0.2, 0) is 22.6 Å². The summed E-state index contributed by atoms with van der Waals surface area (Å²) >= 11 is 0. The van der Waals surface area contributed by atoms with E-state index in [4.69, 9.17) is 4.74 Å². The summed E-state index contributed by atoms with van der Waals surface area (Å²) in [6.07, 6.45) is 2.25. The maximum Gasteiger partial charge on any atom is 0.278 e. The van der Waals surface area contributed by atoms with Gasteiger partial charge < -0.3 is 10.1 Å². The minimum Gasteiger partial charge on any atom is -0.376 e. The molecule has 20 heavy (non-hydrogen) atoms. The Hall–Kier alpha value is -1.73. The second-order valence-electron chi connectivity index (χ2n) is 5.17. The maximum absolute atomic E-state index is 12.1. The molecule has 7 heteroatoms. The summed E-state index contributed by atoms with van der Waals surface area (Å²) < 4.78 is 5.33. The quantitative estimate of drug-likeness (QED) is 0.648. The van der Waals surface area contributed by atoms with Crippen LogP contribution in [0.25, 0.3) is 0 Å². The van der Waals surface area contributed by atoms with E-state index in [1.165, 1.54) is 0 Å². The number of carbonyl (C=O) groups excluding carboxylic acids is 2. The number of ether oxygens (including phenoxy) is 1. The van der Waals surface area contributed by atoms with E-state index in [2.05, 4.69) is 20.8 Å². The highest BCUT2D eigenvalue weighted by Gasteiger charge is 2.26. The predicted molar refractivity (Wildman–Crippen MR) is 70.0 cm³/mol. The lowest BCUT2D eigenvalue weighted by molar-refractivity contribution is -0.124. The monoisotopic (exact) mass is 278 g/mol. The molecule has 0 radical (unpaired) electrons. The first-order valence-electron chi connectivity index (χ1n) is 6.95. The molecule has 0 spiro atoms. The molecule has 1 fully saturated rings. The summed E-state index contributed by atoms with van der Waals surface area (Å²) in [5.41, 5.74) is 1.98. The second-order valence-corrected chi connectivity index (χ2v) is 5.17. The van der Waals surface area contributed by atoms with Gasteiger partial charge in [-0.2, -0.15) is 5.10 Å². The van der Waals surface area contributed by atoms with Crippen LogP contribution in [0.15, 0.2) is 0 Å². The normalized spacial score (nSPS) is 19.4. The van der Waals surface area contributed by atoms with Crippen LogP contribution in [0.1, 0.15) is 34.6 Å². The first-order chi connectivity index (χ1) is 9.75. The number of hydrogen-bond donors (Lipinski definition) is 3. The maximum atomic E-state index is 12.1. The molecule has 0 aromatic carbocycles. The number of amides is 2. The van der Waals surface area contributed by atoms with Gasteiger partial charge in [-0.15, -0.1) is 0 Å². The molecule has 0 aliphatic carbocycles. The van der Waals surface area contributed by atoms with Crippen molar-refractivity contribution >= 4 is 11.8 Å². The number of rotatable bonds is 2. The van der Waals surface area contributed by atoms with E-state index in [9.17, 15) is 9.59 Å². The van der Waals surface area contributed by atoms with Crippen LogP contribution in [0, 0.1) is 5.92 Å². The Labute approximate surface area is 116 Å². The molecule has 2 aliphatic rings. The summed E-state index contributed by atoms with van der Waals surface area (Å²) in [5.74, 6) is -0.729. The number of piperidine rings is 1. The molecule has 3 heterocycles. The number of hydrogen-bond acceptors (Lipinski definition) is 5. The largest absolute Gasteiger partial charge is 0.376 e. The summed E-state index contributed by atoms with van der Waals surface area (Å²) in [6, 6.07) is 0. The minimum atomic E-state index is -0.434. The van der Waals surface area contributed by atoms with Crippen LogP contribution in [-0.4, -0.2) is 41.7 Å². The van der Waals surface area contributed by atoms with Gasteiger partial charge in [0.1, 0.15) is 0 Å². The van der Waals surface area contributed by atoms with Gasteiger partial charge >= 0.3 is 0 Å². The number of nitrogens with one attached hydrogen (secondary N) is 3. The summed E-state index contributed by atoms with van der Waals surface area (Å²) in [5, 5.41) is 12.5. The highest BCUT2D eigenvalue weighted by molar-refractivity contribution is 6.05. The standard InChI is InChI=1S/C13H18N4O3/c18-12(8-1-4-14-5-2-8)15-13(19)11-9-7-20-6-3-10(9)16-17-11/h8,14H,1-7H2,(H,16,17)(H,15,18,19). The van der Waals surface area contributed by atoms with E-state index in [1.807, 2.05) is 0 Å². The van der Waals surface area contributed by atoms with E-state index < -0.39 is 5.91 Å². The van der Waals surface area contributed by atoms with Gasteiger partial charge in [0.25, 0.3) is 5.91 Å². The number of fused-ring (bicyclic) bond motifs is 1. The number of H-pyrrole nitrogens is 1. The van der Waals surface area contributed by atoms with Crippen LogP contribution in [0.2, 0.25) is 0 Å². The summed E-state index contributed by atoms with van der Waals surface area (Å²) in [7, 11) is 0. The van der Waals surface area contributed by atoms with Gasteiger partial charge in [-0.05, 0) is 25.9 Å². The van der Waals surface area contributed by atoms with Crippen molar-refractivity contribution < 1.29 is 14.3 Å². The molecule has 1 aromatic rings. The third-order valence-corrected chi connectivity index (χ3v) is 3.86. The fraction of sp³-hybridized carbons (Fsp3) is 0.615. The Bertz CT molecular complexity index is 520. The van der Waals surface area contributed by atoms with Crippen LogP contribution in [0.5, 0.6) is 0 Å². The molecule has 2 amide bonds. The third-order valence-electron chi connectivity index (χ3n) is 3.86. The van der Waals surface area contributed by atoms with Crippen LogP contribution in [0.3, 0.4) is 0 Å². The fourth-order valence-electron chi connectivity index (χ4n) is 2.66. The highest BCUT2D eigenvalue weighted by atomic mass is 16.5. The zero-order chi connectivity index (χ0) is 13.9. The first kappa shape index (κ1) is 13.3. The molecule has 3 rings (SSSR count). The van der Waals surface area contributed by atoms with E-state index in [1.54, 1.807) is 0 Å². The fourth-order valence-corrected chi connectivity index (χ4v) is 2.66. The molecule has 0 unspecified atom stereocenters. The van der Waals surface area contributed by atoms with Crippen molar-refractivity contribution in [1.29, 1.82) is 0 Å². The van der Waals surface area contributed by atoms with E-state index in [0.29, 0.717) is 13.2 Å². The number of imide groups is 1. The average molecular weight is 278 g/mol. The SMILES string of the molecule is O=C(NC(=O)C1CCNCC1)c1n[nH]c2c1COCC2. The first-order valence-corrected chi connectivity index (χ1v) is 6.95. The van der Waals surface area contributed by atoms with Crippen molar-refractivity contribution in [2.24, 2.45) is 5.92 Å². The molecule has 7 nitrogen and oxygen atoms in total. The molecule has 0 saturated carbocycles. The lowest BCUT2D eigenvalue weighted by atomic mass is 9.97. The molecular weight excluding hydrogens is 260 g/mol. The molecule has 2 aliphatic heterocycles. The van der Waals surface area contributed by atoms with E-state index >= 15 is 0 Å². The van der Waals surface area contributed by atoms with Crippen molar-refractivity contribution in [3.05, 3.63) is 17.0 Å². The third kappa shape index (κ3) is 2.59. The minimum absolute atomic E-state index is 0.0915. The zero-order valence-corrected chi connectivity index (χ0v) is 11.2. The van der Waals surface area contributed by atoms with Crippen LogP contribution < -0.4 is 10.6 Å². The molecule has 0 bridgehead atoms. The lowest BCUT2D eigenvalue weighted by Gasteiger charge is -2.21. The van der Waals surface area contributed by atoms with Crippen molar-refractivity contribution in [3.63, 3.8) is 0 Å². The summed E-state index contributed by atoms with van der Waals surface area (Å²) in [4.78, 5) is 24.2. The summed E-state index contributed by atoms with van der Waals surface area (Å²) in [6.45, 7) is 2.64. The van der Waals surface area contributed by atoms with Crippen molar-refractivity contribution in [2.75, 3.05) is 19.7 Å². The van der Waals surface area contributed by atoms with Gasteiger partial charge in [0.2, 0.25) is 5.91 Å². The molecule has 3 N–H and O–H groups in total. The highest BCUT2D eigenvalue weighted by Crippen LogP contribution is 2.18. The second kappa shape index (κ2) is 5.72. The van der Waals surface area contributed by atoms with Gasteiger partial charge in [-0.3, -0.25) is 20.0 Å². The van der Waals surface area contributed by atoms with Gasteiger partial charge in [-0.1, -0.05) is 0 Å². The van der Waals surface area contributed by atoms with Crippen LogP contribution >= 0.6 is 0 Å². The smallest absolute Gasteiger partial charge is 0.278 e. The van der Waals surface area contributed by atoms with E-state index in [0.717, 1.165) is 43.6 Å². The molecular formula is C13H18N4O3. The van der Waals surface area contributed by atoms with Crippen molar-refractivity contribution in [1.82, 2.24) is 20.8 Å². The van der Waals surface area contributed by atoms with Crippen LogP contribution in [0.4, 0.5) is 0 Å². The average Bonchev–Trinajstić information content (AvgIpc) is 2.92. The Morgan fingerprint density at radius 2 is 2.10 bits per heavy atom. The lowest BCUT2D eigenvalue weighted by Crippen LogP contribution is -2.41. The molecule has 0 atom stereocenters. The number of carbonyl (C=O) groups is 2. The Balaban J connectivity index is 1.67. The molecule has 1 aromatic heterocycles. The topological polar surface area (TPSA) is 96.1 Å². The van der Waals surface area contributed by atoms with E-state index in [-0.39, 0.29) is 17.5 Å². The molecule has 108 valence electrons. The van der Waals surface area contributed by atoms with Crippen molar-refractivity contribution in [2.45, 2.75) is 25.9 Å².